The number of amides is 2. The van der Waals surface area contributed by atoms with Crippen molar-refractivity contribution >= 4 is 27.9 Å². The molecular formula is C12H15BrN2O3. The average Bonchev–Trinajstić information content (AvgIpc) is 2.28. The second-order valence-corrected chi connectivity index (χ2v) is 4.91. The highest BCUT2D eigenvalue weighted by atomic mass is 79.9. The molecule has 0 aliphatic carbocycles. The second kappa shape index (κ2) is 6.39. The lowest BCUT2D eigenvalue weighted by atomic mass is 10.2. The zero-order valence-corrected chi connectivity index (χ0v) is 11.8. The van der Waals surface area contributed by atoms with Gasteiger partial charge in [0.25, 0.3) is 0 Å². The van der Waals surface area contributed by atoms with Crippen molar-refractivity contribution in [1.29, 1.82) is 0 Å². The topological polar surface area (TPSA) is 69.6 Å². The maximum atomic E-state index is 11.7. The Morgan fingerprint density at radius 1 is 1.50 bits per heavy atom. The number of hydrogen-bond donors (Lipinski definition) is 2. The van der Waals surface area contributed by atoms with E-state index in [1.807, 2.05) is 24.3 Å². The monoisotopic (exact) mass is 314 g/mol. The number of nitrogens with one attached hydrogen (secondary N) is 1. The summed E-state index contributed by atoms with van der Waals surface area (Å²) in [7, 11) is 1.62. The van der Waals surface area contributed by atoms with Crippen LogP contribution in [0, 0.1) is 0 Å². The number of nitrogens with zero attached hydrogens (tertiary/aromatic N) is 1. The van der Waals surface area contributed by atoms with Crippen molar-refractivity contribution < 1.29 is 14.7 Å². The summed E-state index contributed by atoms with van der Waals surface area (Å²) in [5, 5.41) is 11.1. The number of carbonyl (C=O) groups is 2. The lowest BCUT2D eigenvalue weighted by Gasteiger charge is -2.19. The lowest BCUT2D eigenvalue weighted by Crippen LogP contribution is -2.44. The van der Waals surface area contributed by atoms with Gasteiger partial charge in [-0.2, -0.15) is 0 Å². The summed E-state index contributed by atoms with van der Waals surface area (Å²) in [6.45, 7) is 1.84. The Balaban J connectivity index is 2.57. The Kier molecular flexibility index (Phi) is 5.15. The number of carboxylic acids is 1. The van der Waals surface area contributed by atoms with Crippen molar-refractivity contribution in [2.45, 2.75) is 19.5 Å². The molecule has 6 heteroatoms. The van der Waals surface area contributed by atoms with Crippen LogP contribution < -0.4 is 5.32 Å². The van der Waals surface area contributed by atoms with Gasteiger partial charge in [-0.1, -0.05) is 28.1 Å². The first kappa shape index (κ1) is 14.5. The molecule has 0 radical (unpaired) electrons. The molecule has 0 bridgehead atoms. The molecule has 0 saturated carbocycles. The molecule has 0 aromatic heterocycles. The molecule has 0 aliphatic heterocycles. The quantitative estimate of drug-likeness (QED) is 0.893. The highest BCUT2D eigenvalue weighted by Gasteiger charge is 2.16. The average molecular weight is 315 g/mol. The molecule has 1 aromatic carbocycles. The second-order valence-electron chi connectivity index (χ2n) is 4.00. The Hall–Kier alpha value is -1.56. The Morgan fingerprint density at radius 2 is 2.17 bits per heavy atom. The van der Waals surface area contributed by atoms with Gasteiger partial charge in [-0.15, -0.1) is 0 Å². The lowest BCUT2D eigenvalue weighted by molar-refractivity contribution is -0.138. The Bertz CT molecular complexity index is 451. The van der Waals surface area contributed by atoms with E-state index in [9.17, 15) is 9.59 Å². The zero-order chi connectivity index (χ0) is 13.7. The fraction of sp³-hybridized carbons (Fsp3) is 0.333. The van der Waals surface area contributed by atoms with Gasteiger partial charge in [0.1, 0.15) is 6.04 Å². The molecule has 5 nitrogen and oxygen atoms in total. The fourth-order valence-corrected chi connectivity index (χ4v) is 1.78. The van der Waals surface area contributed by atoms with Crippen LogP contribution in [0.4, 0.5) is 4.79 Å². The number of rotatable bonds is 4. The van der Waals surface area contributed by atoms with Gasteiger partial charge in [-0.25, -0.2) is 4.79 Å². The van der Waals surface area contributed by atoms with Crippen LogP contribution in [0.1, 0.15) is 12.5 Å². The number of carbonyl (C=O) groups excluding carboxylic acids is 1. The van der Waals surface area contributed by atoms with E-state index < -0.39 is 18.0 Å². The van der Waals surface area contributed by atoms with Crippen molar-refractivity contribution in [3.63, 3.8) is 0 Å². The zero-order valence-electron chi connectivity index (χ0n) is 10.2. The normalized spacial score (nSPS) is 11.7. The minimum atomic E-state index is -1.06. The molecule has 0 heterocycles. The molecule has 2 amide bonds. The van der Waals surface area contributed by atoms with Crippen molar-refractivity contribution in [2.24, 2.45) is 0 Å². The largest absolute Gasteiger partial charge is 0.480 e. The van der Waals surface area contributed by atoms with E-state index in [1.54, 1.807) is 7.05 Å². The molecule has 0 fully saturated rings. The third kappa shape index (κ3) is 4.37. The molecule has 2 N–H and O–H groups in total. The van der Waals surface area contributed by atoms with Crippen molar-refractivity contribution in [2.75, 3.05) is 7.05 Å². The van der Waals surface area contributed by atoms with Crippen LogP contribution >= 0.6 is 15.9 Å². The number of urea groups is 1. The van der Waals surface area contributed by atoms with Crippen molar-refractivity contribution in [1.82, 2.24) is 10.2 Å². The van der Waals surface area contributed by atoms with Crippen LogP contribution in [0.3, 0.4) is 0 Å². The molecule has 1 aromatic rings. The number of carboxylic acid groups (broad SMARTS) is 1. The van der Waals surface area contributed by atoms with E-state index in [1.165, 1.54) is 11.8 Å². The van der Waals surface area contributed by atoms with Gasteiger partial charge in [0.05, 0.1) is 0 Å². The summed E-state index contributed by atoms with van der Waals surface area (Å²) in [5.74, 6) is -1.06. The van der Waals surface area contributed by atoms with Crippen LogP contribution in [0.15, 0.2) is 28.7 Å². The van der Waals surface area contributed by atoms with Crippen LogP contribution in [-0.2, 0) is 11.3 Å². The molecule has 18 heavy (non-hydrogen) atoms. The van der Waals surface area contributed by atoms with Gasteiger partial charge in [0.15, 0.2) is 0 Å². The third-order valence-electron chi connectivity index (χ3n) is 2.37. The first-order valence-electron chi connectivity index (χ1n) is 5.39. The molecule has 1 rings (SSSR count). The predicted molar refractivity (Wildman–Crippen MR) is 71.2 cm³/mol. The summed E-state index contributed by atoms with van der Waals surface area (Å²) in [6.07, 6.45) is 0. The summed E-state index contributed by atoms with van der Waals surface area (Å²) in [4.78, 5) is 23.7. The summed E-state index contributed by atoms with van der Waals surface area (Å²) in [5.41, 5.74) is 0.963. The number of aliphatic carboxylic acids is 1. The molecule has 98 valence electrons. The minimum Gasteiger partial charge on any atom is -0.480 e. The maximum absolute atomic E-state index is 11.7. The number of hydrogen-bond acceptors (Lipinski definition) is 2. The van der Waals surface area contributed by atoms with Crippen molar-refractivity contribution in [3.05, 3.63) is 34.3 Å². The van der Waals surface area contributed by atoms with Gasteiger partial charge in [-0.05, 0) is 24.6 Å². The Morgan fingerprint density at radius 3 is 2.72 bits per heavy atom. The maximum Gasteiger partial charge on any atom is 0.325 e. The SMILES string of the molecule is CC(NC(=O)N(C)Cc1cccc(Br)c1)C(=O)O. The highest BCUT2D eigenvalue weighted by Crippen LogP contribution is 2.12. The van der Waals surface area contributed by atoms with Gasteiger partial charge in [0.2, 0.25) is 0 Å². The van der Waals surface area contributed by atoms with Gasteiger partial charge in [-0.3, -0.25) is 4.79 Å². The fourth-order valence-electron chi connectivity index (χ4n) is 1.34. The third-order valence-corrected chi connectivity index (χ3v) is 2.86. The molecule has 1 unspecified atom stereocenters. The summed E-state index contributed by atoms with van der Waals surface area (Å²) >= 11 is 3.35. The number of benzene rings is 1. The van der Waals surface area contributed by atoms with E-state index in [0.29, 0.717) is 6.54 Å². The molecule has 0 saturated heterocycles. The molecule has 1 atom stereocenters. The van der Waals surface area contributed by atoms with Crippen LogP contribution in [-0.4, -0.2) is 35.1 Å². The highest BCUT2D eigenvalue weighted by molar-refractivity contribution is 9.10. The van der Waals surface area contributed by atoms with E-state index >= 15 is 0 Å². The number of halogens is 1. The standard InChI is InChI=1S/C12H15BrN2O3/c1-8(11(16)17)14-12(18)15(2)7-9-4-3-5-10(13)6-9/h3-6,8H,7H2,1-2H3,(H,14,18)(H,16,17). The van der Waals surface area contributed by atoms with E-state index in [2.05, 4.69) is 21.2 Å². The van der Waals surface area contributed by atoms with Gasteiger partial charge < -0.3 is 15.3 Å². The van der Waals surface area contributed by atoms with E-state index in [-0.39, 0.29) is 0 Å². The Labute approximate surface area is 114 Å². The minimum absolute atomic E-state index is 0.412. The molecular weight excluding hydrogens is 300 g/mol. The van der Waals surface area contributed by atoms with Crippen LogP contribution in [0.5, 0.6) is 0 Å². The van der Waals surface area contributed by atoms with Gasteiger partial charge >= 0.3 is 12.0 Å². The molecule has 0 aliphatic rings. The predicted octanol–water partition coefficient (Wildman–Crippen LogP) is 2.06. The molecule has 0 spiro atoms. The summed E-state index contributed by atoms with van der Waals surface area (Å²) in [6, 6.07) is 6.27. The van der Waals surface area contributed by atoms with E-state index in [0.717, 1.165) is 10.0 Å². The van der Waals surface area contributed by atoms with Gasteiger partial charge in [0, 0.05) is 18.1 Å². The smallest absolute Gasteiger partial charge is 0.325 e. The van der Waals surface area contributed by atoms with E-state index in [4.69, 9.17) is 5.11 Å². The first-order valence-corrected chi connectivity index (χ1v) is 6.18. The first-order chi connectivity index (χ1) is 8.40. The van der Waals surface area contributed by atoms with Crippen LogP contribution in [0.25, 0.3) is 0 Å². The summed E-state index contributed by atoms with van der Waals surface area (Å²) < 4.78 is 0.938. The van der Waals surface area contributed by atoms with Crippen molar-refractivity contribution in [3.8, 4) is 0 Å². The van der Waals surface area contributed by atoms with Crippen LogP contribution in [0.2, 0.25) is 0 Å².